The lowest BCUT2D eigenvalue weighted by Crippen LogP contribution is -2.52. The molecule has 0 aromatic heterocycles. The zero-order valence-electron chi connectivity index (χ0n) is 24.7. The minimum absolute atomic E-state index is 0.0870. The van der Waals surface area contributed by atoms with Gasteiger partial charge in [-0.3, -0.25) is 13.9 Å². The van der Waals surface area contributed by atoms with Crippen LogP contribution in [-0.4, -0.2) is 72.1 Å². The zero-order valence-corrected chi connectivity index (χ0v) is 25.5. The van der Waals surface area contributed by atoms with Crippen molar-refractivity contribution in [3.63, 3.8) is 0 Å². The molecule has 0 radical (unpaired) electrons. The van der Waals surface area contributed by atoms with E-state index in [0.29, 0.717) is 30.9 Å². The fourth-order valence-electron chi connectivity index (χ4n) is 4.57. The maximum atomic E-state index is 14.1. The van der Waals surface area contributed by atoms with E-state index >= 15 is 0 Å². The highest BCUT2D eigenvalue weighted by Crippen LogP contribution is 2.33. The summed E-state index contributed by atoms with van der Waals surface area (Å²) in [7, 11) is 0.0995. The smallest absolute Gasteiger partial charge is 0.264 e. The number of carbonyl (C=O) groups excluding carboxylic acids is 2. The number of benzene rings is 3. The van der Waals surface area contributed by atoms with Gasteiger partial charge >= 0.3 is 0 Å². The minimum atomic E-state index is -4.28. The highest BCUT2D eigenvalue weighted by molar-refractivity contribution is 7.92. The molecule has 0 aliphatic rings. The standard InChI is InChI=1S/C31H39N3O7S/c1-6-27(31(36)32-3)33(20-19-23-11-9-8-10-12-23)30(35)22-34(24-13-15-25(16-14-24)41-7-2)42(37,38)26-17-18-28(39-4)29(21-26)40-5/h8-18,21,27H,6-7,19-20,22H2,1-5H3,(H,32,36)/t27-/m1/s1. The summed E-state index contributed by atoms with van der Waals surface area (Å²) in [5.41, 5.74) is 1.25. The van der Waals surface area contributed by atoms with Crippen LogP contribution in [0.25, 0.3) is 0 Å². The molecule has 10 nitrogen and oxygen atoms in total. The predicted octanol–water partition coefficient (Wildman–Crippen LogP) is 3.89. The molecular formula is C31H39N3O7S. The molecule has 0 bridgehead atoms. The molecule has 3 aromatic rings. The van der Waals surface area contributed by atoms with Crippen LogP contribution >= 0.6 is 0 Å². The molecule has 226 valence electrons. The quantitative estimate of drug-likeness (QED) is 0.283. The average molecular weight is 598 g/mol. The molecular weight excluding hydrogens is 558 g/mol. The normalized spacial score (nSPS) is 11.7. The summed E-state index contributed by atoms with van der Waals surface area (Å²) in [6.45, 7) is 3.79. The Labute approximate surface area is 248 Å². The van der Waals surface area contributed by atoms with Gasteiger partial charge in [-0.05, 0) is 61.7 Å². The third kappa shape index (κ3) is 7.73. The van der Waals surface area contributed by atoms with E-state index in [1.165, 1.54) is 44.4 Å². The summed E-state index contributed by atoms with van der Waals surface area (Å²) in [5, 5.41) is 2.63. The molecule has 0 aliphatic carbocycles. The van der Waals surface area contributed by atoms with Crippen LogP contribution in [0.15, 0.2) is 77.7 Å². The molecule has 0 spiro atoms. The largest absolute Gasteiger partial charge is 0.494 e. The molecule has 3 aromatic carbocycles. The molecule has 1 atom stereocenters. The van der Waals surface area contributed by atoms with Crippen molar-refractivity contribution < 1.29 is 32.2 Å². The predicted molar refractivity (Wildman–Crippen MR) is 162 cm³/mol. The van der Waals surface area contributed by atoms with Crippen LogP contribution in [0.4, 0.5) is 5.69 Å². The summed E-state index contributed by atoms with van der Waals surface area (Å²) >= 11 is 0. The first-order valence-electron chi connectivity index (χ1n) is 13.7. The second kappa shape index (κ2) is 15.1. The number of nitrogens with one attached hydrogen (secondary N) is 1. The van der Waals surface area contributed by atoms with Crippen LogP contribution in [-0.2, 0) is 26.0 Å². The van der Waals surface area contributed by atoms with E-state index in [1.54, 1.807) is 24.3 Å². The first-order valence-corrected chi connectivity index (χ1v) is 15.2. The maximum Gasteiger partial charge on any atom is 0.264 e. The lowest BCUT2D eigenvalue weighted by molar-refractivity contribution is -0.139. The number of amides is 2. The molecule has 42 heavy (non-hydrogen) atoms. The molecule has 0 saturated heterocycles. The lowest BCUT2D eigenvalue weighted by atomic mass is 10.1. The van der Waals surface area contributed by atoms with E-state index in [4.69, 9.17) is 14.2 Å². The Morgan fingerprint density at radius 2 is 1.57 bits per heavy atom. The summed E-state index contributed by atoms with van der Waals surface area (Å²) in [5.74, 6) is 0.315. The Morgan fingerprint density at radius 3 is 2.14 bits per heavy atom. The van der Waals surface area contributed by atoms with Crippen molar-refractivity contribution in [2.24, 2.45) is 0 Å². The average Bonchev–Trinajstić information content (AvgIpc) is 3.02. The molecule has 1 N–H and O–H groups in total. The fraction of sp³-hybridized carbons (Fsp3) is 0.355. The zero-order chi connectivity index (χ0) is 30.7. The minimum Gasteiger partial charge on any atom is -0.494 e. The van der Waals surface area contributed by atoms with Gasteiger partial charge in [-0.25, -0.2) is 8.42 Å². The Balaban J connectivity index is 2.05. The number of ether oxygens (including phenoxy) is 3. The van der Waals surface area contributed by atoms with Crippen molar-refractivity contribution in [1.82, 2.24) is 10.2 Å². The monoisotopic (exact) mass is 597 g/mol. The van der Waals surface area contributed by atoms with Gasteiger partial charge in [0.2, 0.25) is 11.8 Å². The number of rotatable bonds is 15. The molecule has 0 saturated carbocycles. The summed E-state index contributed by atoms with van der Waals surface area (Å²) in [6, 6.07) is 19.5. The van der Waals surface area contributed by atoms with E-state index in [2.05, 4.69) is 5.32 Å². The van der Waals surface area contributed by atoms with E-state index in [-0.39, 0.29) is 28.8 Å². The number of sulfonamides is 1. The van der Waals surface area contributed by atoms with Crippen molar-refractivity contribution in [2.75, 3.05) is 45.3 Å². The van der Waals surface area contributed by atoms with Gasteiger partial charge < -0.3 is 24.4 Å². The van der Waals surface area contributed by atoms with Crippen LogP contribution < -0.4 is 23.8 Å². The van der Waals surface area contributed by atoms with Crippen molar-refractivity contribution >= 4 is 27.5 Å². The molecule has 0 fully saturated rings. The molecule has 0 heterocycles. The number of likely N-dealkylation sites (N-methyl/N-ethyl adjacent to an activating group) is 1. The maximum absolute atomic E-state index is 14.1. The fourth-order valence-corrected chi connectivity index (χ4v) is 6.00. The summed E-state index contributed by atoms with van der Waals surface area (Å²) in [6.07, 6.45) is 0.844. The van der Waals surface area contributed by atoms with Crippen LogP contribution in [0, 0.1) is 0 Å². The Bertz CT molecular complexity index is 1430. The second-order valence-electron chi connectivity index (χ2n) is 9.32. The van der Waals surface area contributed by atoms with Crippen molar-refractivity contribution in [3.8, 4) is 17.2 Å². The number of methoxy groups -OCH3 is 2. The van der Waals surface area contributed by atoms with Crippen molar-refractivity contribution in [2.45, 2.75) is 37.6 Å². The second-order valence-corrected chi connectivity index (χ2v) is 11.2. The van der Waals surface area contributed by atoms with Gasteiger partial charge in [-0.1, -0.05) is 37.3 Å². The Morgan fingerprint density at radius 1 is 0.905 bits per heavy atom. The Hall–Kier alpha value is -4.25. The van der Waals surface area contributed by atoms with Gasteiger partial charge in [0.05, 0.1) is 31.4 Å². The number of hydrogen-bond donors (Lipinski definition) is 1. The lowest BCUT2D eigenvalue weighted by Gasteiger charge is -2.33. The molecule has 11 heteroatoms. The number of anilines is 1. The highest BCUT2D eigenvalue weighted by atomic mass is 32.2. The first kappa shape index (κ1) is 32.3. The summed E-state index contributed by atoms with van der Waals surface area (Å²) in [4.78, 5) is 28.2. The number of carbonyl (C=O) groups is 2. The van der Waals surface area contributed by atoms with Gasteiger partial charge in [0.1, 0.15) is 18.3 Å². The van der Waals surface area contributed by atoms with Crippen molar-refractivity contribution in [1.29, 1.82) is 0 Å². The van der Waals surface area contributed by atoms with Crippen LogP contribution in [0.3, 0.4) is 0 Å². The SMILES string of the molecule is CCOc1ccc(N(CC(=O)N(CCc2ccccc2)[C@H](CC)C(=O)NC)S(=O)(=O)c2ccc(OC)c(OC)c2)cc1. The van der Waals surface area contributed by atoms with Gasteiger partial charge in [-0.2, -0.15) is 0 Å². The van der Waals surface area contributed by atoms with E-state index in [0.717, 1.165) is 9.87 Å². The van der Waals surface area contributed by atoms with Crippen LogP contribution in [0.5, 0.6) is 17.2 Å². The third-order valence-electron chi connectivity index (χ3n) is 6.77. The summed E-state index contributed by atoms with van der Waals surface area (Å²) < 4.78 is 45.4. The van der Waals surface area contributed by atoms with Crippen LogP contribution in [0.2, 0.25) is 0 Å². The third-order valence-corrected chi connectivity index (χ3v) is 8.54. The molecule has 0 aliphatic heterocycles. The molecule has 0 unspecified atom stereocenters. The van der Waals surface area contributed by atoms with Crippen LogP contribution in [0.1, 0.15) is 25.8 Å². The first-order chi connectivity index (χ1) is 20.2. The number of hydrogen-bond acceptors (Lipinski definition) is 7. The van der Waals surface area contributed by atoms with Crippen molar-refractivity contribution in [3.05, 3.63) is 78.4 Å². The number of nitrogens with zero attached hydrogens (tertiary/aromatic N) is 2. The molecule has 2 amide bonds. The highest BCUT2D eigenvalue weighted by Gasteiger charge is 2.33. The van der Waals surface area contributed by atoms with Gasteiger partial charge in [0.15, 0.2) is 11.5 Å². The topological polar surface area (TPSA) is 114 Å². The van der Waals surface area contributed by atoms with Gasteiger partial charge in [0.25, 0.3) is 10.0 Å². The molecule has 3 rings (SSSR count). The van der Waals surface area contributed by atoms with E-state index in [9.17, 15) is 18.0 Å². The van der Waals surface area contributed by atoms with E-state index < -0.39 is 28.5 Å². The van der Waals surface area contributed by atoms with Gasteiger partial charge in [-0.15, -0.1) is 0 Å². The van der Waals surface area contributed by atoms with Gasteiger partial charge in [0, 0.05) is 19.7 Å². The van der Waals surface area contributed by atoms with E-state index in [1.807, 2.05) is 44.2 Å². The Kier molecular flexibility index (Phi) is 11.6.